The normalized spacial score (nSPS) is 36.6. The summed E-state index contributed by atoms with van der Waals surface area (Å²) in [4.78, 5) is 25.4. The molecule has 0 aromatic heterocycles. The molecule has 3 aliphatic rings. The first-order valence-electron chi connectivity index (χ1n) is 6.87. The lowest BCUT2D eigenvalue weighted by molar-refractivity contribution is -0.148. The Bertz CT molecular complexity index is 367. The molecule has 1 saturated carbocycles. The highest BCUT2D eigenvalue weighted by molar-refractivity contribution is 5.90. The van der Waals surface area contributed by atoms with Crippen molar-refractivity contribution >= 4 is 11.8 Å². The summed E-state index contributed by atoms with van der Waals surface area (Å²) in [7, 11) is 0. The zero-order valence-corrected chi connectivity index (χ0v) is 10.7. The number of hydrogen-bond acceptors (Lipinski definition) is 3. The Hall–Kier alpha value is -1.10. The monoisotopic (exact) mass is 252 g/mol. The van der Waals surface area contributed by atoms with Crippen LogP contribution in [0.2, 0.25) is 0 Å². The Morgan fingerprint density at radius 1 is 1.33 bits per heavy atom. The minimum Gasteiger partial charge on any atom is -0.371 e. The van der Waals surface area contributed by atoms with Gasteiger partial charge >= 0.3 is 0 Å². The smallest absolute Gasteiger partial charge is 0.245 e. The van der Waals surface area contributed by atoms with Crippen LogP contribution in [-0.4, -0.2) is 48.1 Å². The van der Waals surface area contributed by atoms with Crippen molar-refractivity contribution in [2.45, 2.75) is 50.9 Å². The van der Waals surface area contributed by atoms with E-state index < -0.39 is 0 Å². The molecule has 0 unspecified atom stereocenters. The van der Waals surface area contributed by atoms with Crippen LogP contribution in [-0.2, 0) is 14.3 Å². The Morgan fingerprint density at radius 2 is 2.11 bits per heavy atom. The Balaban J connectivity index is 1.63. The minimum absolute atomic E-state index is 0.00611. The first-order chi connectivity index (χ1) is 8.63. The molecule has 0 aromatic carbocycles. The fourth-order valence-electron chi connectivity index (χ4n) is 2.91. The van der Waals surface area contributed by atoms with Crippen LogP contribution in [0, 0.1) is 5.92 Å². The molecule has 18 heavy (non-hydrogen) atoms. The maximum absolute atomic E-state index is 12.3. The molecule has 2 heterocycles. The van der Waals surface area contributed by atoms with E-state index in [4.69, 9.17) is 4.74 Å². The predicted octanol–water partition coefficient (Wildman–Crippen LogP) is 0.291. The number of amides is 2. The van der Waals surface area contributed by atoms with Gasteiger partial charge in [-0.1, -0.05) is 0 Å². The van der Waals surface area contributed by atoms with Crippen LogP contribution >= 0.6 is 0 Å². The average Bonchev–Trinajstić information content (AvgIpc) is 3.10. The van der Waals surface area contributed by atoms with Crippen LogP contribution in [0.5, 0.6) is 0 Å². The van der Waals surface area contributed by atoms with Crippen LogP contribution in [0.4, 0.5) is 0 Å². The van der Waals surface area contributed by atoms with Gasteiger partial charge < -0.3 is 15.0 Å². The molecule has 0 bridgehead atoms. The first-order valence-corrected chi connectivity index (χ1v) is 6.87. The van der Waals surface area contributed by atoms with E-state index in [1.165, 1.54) is 12.8 Å². The number of carbonyl (C=O) groups excluding carboxylic acids is 2. The molecule has 0 aromatic rings. The SMILES string of the molecule is C[C@@H]1CN(C(=O)[C@H]2CCC(=O)N2)C[C@@H](C2CC2)O1. The van der Waals surface area contributed by atoms with Crippen molar-refractivity contribution in [2.75, 3.05) is 13.1 Å². The van der Waals surface area contributed by atoms with E-state index in [1.54, 1.807) is 0 Å². The van der Waals surface area contributed by atoms with E-state index in [0.717, 1.165) is 0 Å². The molecule has 0 radical (unpaired) electrons. The molecule has 1 N–H and O–H groups in total. The zero-order chi connectivity index (χ0) is 12.7. The largest absolute Gasteiger partial charge is 0.371 e. The third kappa shape index (κ3) is 2.36. The van der Waals surface area contributed by atoms with Gasteiger partial charge in [0.15, 0.2) is 0 Å². The van der Waals surface area contributed by atoms with E-state index in [2.05, 4.69) is 5.32 Å². The second-order valence-corrected chi connectivity index (χ2v) is 5.72. The summed E-state index contributed by atoms with van der Waals surface area (Å²) in [6.07, 6.45) is 3.86. The highest BCUT2D eigenvalue weighted by Crippen LogP contribution is 2.36. The van der Waals surface area contributed by atoms with Crippen molar-refractivity contribution in [2.24, 2.45) is 5.92 Å². The van der Waals surface area contributed by atoms with Crippen LogP contribution in [0.3, 0.4) is 0 Å². The highest BCUT2D eigenvalue weighted by Gasteiger charge is 2.40. The van der Waals surface area contributed by atoms with Crippen LogP contribution in [0.15, 0.2) is 0 Å². The van der Waals surface area contributed by atoms with Crippen LogP contribution < -0.4 is 5.32 Å². The number of nitrogens with one attached hydrogen (secondary N) is 1. The second-order valence-electron chi connectivity index (χ2n) is 5.72. The van der Waals surface area contributed by atoms with Crippen LogP contribution in [0.25, 0.3) is 0 Å². The van der Waals surface area contributed by atoms with Crippen LogP contribution in [0.1, 0.15) is 32.6 Å². The maximum Gasteiger partial charge on any atom is 0.245 e. The van der Waals surface area contributed by atoms with Crippen molar-refractivity contribution in [1.82, 2.24) is 10.2 Å². The van der Waals surface area contributed by atoms with Gasteiger partial charge in [-0.3, -0.25) is 9.59 Å². The van der Waals surface area contributed by atoms with E-state index in [9.17, 15) is 9.59 Å². The molecule has 2 aliphatic heterocycles. The Labute approximate surface area is 107 Å². The zero-order valence-electron chi connectivity index (χ0n) is 10.7. The Morgan fingerprint density at radius 3 is 2.72 bits per heavy atom. The summed E-state index contributed by atoms with van der Waals surface area (Å²) in [5.41, 5.74) is 0. The molecule has 3 atom stereocenters. The summed E-state index contributed by atoms with van der Waals surface area (Å²) in [5, 5.41) is 2.75. The molecule has 100 valence electrons. The van der Waals surface area contributed by atoms with Gasteiger partial charge in [0.2, 0.25) is 11.8 Å². The standard InChI is InChI=1S/C13H20N2O3/c1-8-6-15(7-11(18-8)9-2-3-9)13(17)10-4-5-12(16)14-10/h8-11H,2-7H2,1H3,(H,14,16)/t8-,10-,11+/m1/s1. The average molecular weight is 252 g/mol. The van der Waals surface area contributed by atoms with Crippen molar-refractivity contribution in [3.8, 4) is 0 Å². The lowest BCUT2D eigenvalue weighted by atomic mass is 10.1. The fourth-order valence-corrected chi connectivity index (χ4v) is 2.91. The molecule has 0 spiro atoms. The quantitative estimate of drug-likeness (QED) is 0.768. The minimum atomic E-state index is -0.303. The number of morpholine rings is 1. The molecule has 3 rings (SSSR count). The molecule has 2 amide bonds. The molecular formula is C13H20N2O3. The van der Waals surface area contributed by atoms with Gasteiger partial charge in [-0.2, -0.15) is 0 Å². The lowest BCUT2D eigenvalue weighted by Crippen LogP contribution is -2.54. The van der Waals surface area contributed by atoms with Gasteiger partial charge in [0.25, 0.3) is 0 Å². The molecular weight excluding hydrogens is 232 g/mol. The molecule has 5 heteroatoms. The van der Waals surface area contributed by atoms with Gasteiger partial charge in [-0.25, -0.2) is 0 Å². The topological polar surface area (TPSA) is 58.6 Å². The van der Waals surface area contributed by atoms with Crippen molar-refractivity contribution < 1.29 is 14.3 Å². The van der Waals surface area contributed by atoms with Crippen molar-refractivity contribution in [1.29, 1.82) is 0 Å². The Kier molecular flexibility index (Phi) is 3.01. The van der Waals surface area contributed by atoms with E-state index in [0.29, 0.717) is 31.8 Å². The summed E-state index contributed by atoms with van der Waals surface area (Å²) in [6.45, 7) is 3.36. The highest BCUT2D eigenvalue weighted by atomic mass is 16.5. The number of nitrogens with zero attached hydrogens (tertiary/aromatic N) is 1. The van der Waals surface area contributed by atoms with E-state index in [1.807, 2.05) is 11.8 Å². The number of hydrogen-bond donors (Lipinski definition) is 1. The molecule has 2 saturated heterocycles. The lowest BCUT2D eigenvalue weighted by Gasteiger charge is -2.38. The van der Waals surface area contributed by atoms with E-state index >= 15 is 0 Å². The molecule has 3 fully saturated rings. The van der Waals surface area contributed by atoms with Gasteiger partial charge in [-0.15, -0.1) is 0 Å². The van der Waals surface area contributed by atoms with E-state index in [-0.39, 0.29) is 30.1 Å². The van der Waals surface area contributed by atoms with Crippen molar-refractivity contribution in [3.63, 3.8) is 0 Å². The first kappa shape index (κ1) is 12.0. The van der Waals surface area contributed by atoms with Gasteiger partial charge in [0, 0.05) is 19.5 Å². The van der Waals surface area contributed by atoms with Gasteiger partial charge in [0.05, 0.1) is 12.2 Å². The molecule has 1 aliphatic carbocycles. The summed E-state index contributed by atoms with van der Waals surface area (Å²) in [6, 6.07) is -0.303. The maximum atomic E-state index is 12.3. The number of ether oxygens (including phenoxy) is 1. The van der Waals surface area contributed by atoms with Crippen molar-refractivity contribution in [3.05, 3.63) is 0 Å². The summed E-state index contributed by atoms with van der Waals surface area (Å²) < 4.78 is 5.89. The third-order valence-electron chi connectivity index (χ3n) is 4.04. The molecule has 5 nitrogen and oxygen atoms in total. The fraction of sp³-hybridized carbons (Fsp3) is 0.846. The van der Waals surface area contributed by atoms with Gasteiger partial charge in [-0.05, 0) is 32.1 Å². The number of carbonyl (C=O) groups is 2. The third-order valence-corrected chi connectivity index (χ3v) is 4.04. The summed E-state index contributed by atoms with van der Waals surface area (Å²) >= 11 is 0. The number of rotatable bonds is 2. The predicted molar refractivity (Wildman–Crippen MR) is 64.8 cm³/mol. The second kappa shape index (κ2) is 4.53. The van der Waals surface area contributed by atoms with Gasteiger partial charge in [0.1, 0.15) is 6.04 Å². The summed E-state index contributed by atoms with van der Waals surface area (Å²) in [5.74, 6) is 0.705.